The third-order valence-corrected chi connectivity index (χ3v) is 6.28. The Morgan fingerprint density at radius 1 is 1.19 bits per heavy atom. The van der Waals surface area contributed by atoms with Crippen molar-refractivity contribution in [2.75, 3.05) is 6.54 Å². The molecule has 2 aromatic rings. The molecule has 0 radical (unpaired) electrons. The number of rotatable bonds is 6. The molecule has 2 aliphatic rings. The molecule has 1 aliphatic heterocycles. The summed E-state index contributed by atoms with van der Waals surface area (Å²) in [7, 11) is 0. The van der Waals surface area contributed by atoms with Crippen LogP contribution >= 0.6 is 0 Å². The van der Waals surface area contributed by atoms with Crippen molar-refractivity contribution in [3.8, 4) is 0 Å². The van der Waals surface area contributed by atoms with Crippen molar-refractivity contribution in [1.29, 1.82) is 0 Å². The van der Waals surface area contributed by atoms with Crippen LogP contribution in [0.4, 0.5) is 13.2 Å². The molecular formula is C26H28F3NO2. The first-order valence-corrected chi connectivity index (χ1v) is 11.0. The highest BCUT2D eigenvalue weighted by Crippen LogP contribution is 2.45. The molecule has 0 unspecified atom stereocenters. The van der Waals surface area contributed by atoms with Gasteiger partial charge in [0.2, 0.25) is 0 Å². The molecule has 6 heteroatoms. The van der Waals surface area contributed by atoms with E-state index in [2.05, 4.69) is 6.07 Å². The maximum absolute atomic E-state index is 15.3. The van der Waals surface area contributed by atoms with Crippen LogP contribution in [0, 0.1) is 11.6 Å². The van der Waals surface area contributed by atoms with E-state index in [0.717, 1.165) is 48.3 Å². The quantitative estimate of drug-likeness (QED) is 0.555. The van der Waals surface area contributed by atoms with Gasteiger partial charge < -0.3 is 5.11 Å². The first kappa shape index (κ1) is 22.6. The fraction of sp³-hybridized carbons (Fsp3) is 0.423. The smallest absolute Gasteiger partial charge is 0.328 e. The molecule has 0 bridgehead atoms. The van der Waals surface area contributed by atoms with Crippen molar-refractivity contribution in [2.24, 2.45) is 0 Å². The second-order valence-electron chi connectivity index (χ2n) is 9.65. The summed E-state index contributed by atoms with van der Waals surface area (Å²) in [4.78, 5) is 12.6. The van der Waals surface area contributed by atoms with E-state index in [1.165, 1.54) is 19.4 Å². The van der Waals surface area contributed by atoms with Crippen molar-refractivity contribution in [3.05, 3.63) is 75.9 Å². The van der Waals surface area contributed by atoms with Crippen molar-refractivity contribution in [2.45, 2.75) is 63.7 Å². The molecule has 4 rings (SSSR count). The molecule has 1 heterocycles. The van der Waals surface area contributed by atoms with Gasteiger partial charge in [-0.2, -0.15) is 0 Å². The summed E-state index contributed by atoms with van der Waals surface area (Å²) in [6.45, 7) is 4.93. The standard InChI is InChI=1S/C26H28F3NO2/c1-15-10-19-13-18(17-5-6-17)7-8-20(19)25(30(15)14-26(2,3)29)24-21(27)11-16(12-22(24)28)4-9-23(31)32/h4,7-9,11-13,15,17,25H,5-6,10,14H2,1-3H3,(H,31,32)/b9-4+/t15-,25+/m0/s1. The highest BCUT2D eigenvalue weighted by atomic mass is 19.1. The Labute approximate surface area is 186 Å². The van der Waals surface area contributed by atoms with Crippen LogP contribution in [0.2, 0.25) is 0 Å². The average molecular weight is 444 g/mol. The molecule has 0 spiro atoms. The molecule has 0 saturated heterocycles. The number of carboxylic acids is 1. The Bertz CT molecular complexity index is 1050. The first-order chi connectivity index (χ1) is 15.0. The van der Waals surface area contributed by atoms with E-state index in [1.807, 2.05) is 24.0 Å². The van der Waals surface area contributed by atoms with Crippen LogP contribution in [0.5, 0.6) is 0 Å². The van der Waals surface area contributed by atoms with Crippen LogP contribution in [0.15, 0.2) is 36.4 Å². The zero-order chi connectivity index (χ0) is 23.2. The summed E-state index contributed by atoms with van der Waals surface area (Å²) < 4.78 is 45.4. The molecule has 32 heavy (non-hydrogen) atoms. The van der Waals surface area contributed by atoms with E-state index in [1.54, 1.807) is 0 Å². The maximum atomic E-state index is 15.3. The Morgan fingerprint density at radius 3 is 2.41 bits per heavy atom. The number of alkyl halides is 1. The normalized spacial score (nSPS) is 21.7. The summed E-state index contributed by atoms with van der Waals surface area (Å²) in [6, 6.07) is 7.50. The van der Waals surface area contributed by atoms with Gasteiger partial charge in [0.15, 0.2) is 0 Å². The van der Waals surface area contributed by atoms with Gasteiger partial charge in [-0.25, -0.2) is 18.0 Å². The molecule has 0 aromatic heterocycles. The van der Waals surface area contributed by atoms with Crippen LogP contribution in [0.3, 0.4) is 0 Å². The third kappa shape index (κ3) is 4.75. The number of carbonyl (C=O) groups is 1. The molecular weight excluding hydrogens is 415 g/mol. The van der Waals surface area contributed by atoms with Gasteiger partial charge in [0.1, 0.15) is 17.3 Å². The summed E-state index contributed by atoms with van der Waals surface area (Å²) in [5, 5.41) is 8.80. The molecule has 1 fully saturated rings. The van der Waals surface area contributed by atoms with E-state index in [9.17, 15) is 9.18 Å². The lowest BCUT2D eigenvalue weighted by atomic mass is 9.82. The summed E-state index contributed by atoms with van der Waals surface area (Å²) in [6.07, 6.45) is 5.00. The number of benzene rings is 2. The van der Waals surface area contributed by atoms with Crippen molar-refractivity contribution in [1.82, 2.24) is 4.90 Å². The van der Waals surface area contributed by atoms with Gasteiger partial charge in [0, 0.05) is 24.2 Å². The molecule has 2 aromatic carbocycles. The van der Waals surface area contributed by atoms with E-state index in [0.29, 0.717) is 12.3 Å². The molecule has 1 saturated carbocycles. The number of hydrogen-bond acceptors (Lipinski definition) is 2. The van der Waals surface area contributed by atoms with E-state index in [4.69, 9.17) is 5.11 Å². The summed E-state index contributed by atoms with van der Waals surface area (Å²) in [5.74, 6) is -2.18. The minimum Gasteiger partial charge on any atom is -0.478 e. The number of nitrogens with zero attached hydrogens (tertiary/aromatic N) is 1. The molecule has 3 nitrogen and oxygen atoms in total. The Hall–Kier alpha value is -2.60. The fourth-order valence-electron chi connectivity index (χ4n) is 4.74. The predicted octanol–water partition coefficient (Wildman–Crippen LogP) is 6.02. The lowest BCUT2D eigenvalue weighted by Gasteiger charge is -2.44. The van der Waals surface area contributed by atoms with Gasteiger partial charge in [-0.15, -0.1) is 0 Å². The second kappa shape index (κ2) is 8.39. The lowest BCUT2D eigenvalue weighted by Crippen LogP contribution is -2.48. The summed E-state index contributed by atoms with van der Waals surface area (Å²) >= 11 is 0. The monoisotopic (exact) mass is 443 g/mol. The SMILES string of the molecule is C[C@H]1Cc2cc(C3CC3)ccc2[C@H](c2c(F)cc(/C=C/C(=O)O)cc2F)N1CC(C)(C)F. The Morgan fingerprint density at radius 2 is 1.84 bits per heavy atom. The predicted molar refractivity (Wildman–Crippen MR) is 118 cm³/mol. The molecule has 1 aliphatic carbocycles. The number of aliphatic carboxylic acids is 1. The fourth-order valence-corrected chi connectivity index (χ4v) is 4.74. The van der Waals surface area contributed by atoms with Gasteiger partial charge in [0.25, 0.3) is 0 Å². The third-order valence-electron chi connectivity index (χ3n) is 6.28. The van der Waals surface area contributed by atoms with Crippen molar-refractivity contribution in [3.63, 3.8) is 0 Å². The minimum atomic E-state index is -1.55. The van der Waals surface area contributed by atoms with E-state index < -0.39 is 29.3 Å². The minimum absolute atomic E-state index is 0.0300. The maximum Gasteiger partial charge on any atom is 0.328 e. The zero-order valence-corrected chi connectivity index (χ0v) is 18.5. The first-order valence-electron chi connectivity index (χ1n) is 11.0. The van der Waals surface area contributed by atoms with Gasteiger partial charge in [-0.3, -0.25) is 4.90 Å². The van der Waals surface area contributed by atoms with Gasteiger partial charge in [-0.05, 0) is 86.4 Å². The van der Waals surface area contributed by atoms with Gasteiger partial charge in [0.05, 0.1) is 6.04 Å². The number of carboxylic acid groups (broad SMARTS) is 1. The Balaban J connectivity index is 1.83. The largest absolute Gasteiger partial charge is 0.478 e. The van der Waals surface area contributed by atoms with Gasteiger partial charge in [-0.1, -0.05) is 18.2 Å². The highest BCUT2D eigenvalue weighted by Gasteiger charge is 2.39. The topological polar surface area (TPSA) is 40.5 Å². The zero-order valence-electron chi connectivity index (χ0n) is 18.5. The Kier molecular flexibility index (Phi) is 5.93. The van der Waals surface area contributed by atoms with Crippen LogP contribution in [0.1, 0.15) is 73.4 Å². The van der Waals surface area contributed by atoms with Crippen LogP contribution in [0.25, 0.3) is 6.08 Å². The lowest BCUT2D eigenvalue weighted by molar-refractivity contribution is -0.131. The number of hydrogen-bond donors (Lipinski definition) is 1. The van der Waals surface area contributed by atoms with Crippen LogP contribution in [-0.4, -0.2) is 34.2 Å². The van der Waals surface area contributed by atoms with Gasteiger partial charge >= 0.3 is 5.97 Å². The van der Waals surface area contributed by atoms with E-state index in [-0.39, 0.29) is 23.7 Å². The van der Waals surface area contributed by atoms with Crippen LogP contribution in [-0.2, 0) is 11.2 Å². The molecule has 2 atom stereocenters. The number of fused-ring (bicyclic) bond motifs is 1. The second-order valence-corrected chi connectivity index (χ2v) is 9.65. The summed E-state index contributed by atoms with van der Waals surface area (Å²) in [5.41, 5.74) is 1.54. The molecule has 0 amide bonds. The number of halogens is 3. The molecule has 170 valence electrons. The van der Waals surface area contributed by atoms with Crippen LogP contribution < -0.4 is 0 Å². The average Bonchev–Trinajstić information content (AvgIpc) is 3.52. The van der Waals surface area contributed by atoms with E-state index >= 15 is 8.78 Å². The highest BCUT2D eigenvalue weighted by molar-refractivity contribution is 5.85. The van der Waals surface area contributed by atoms with Crippen molar-refractivity contribution < 1.29 is 23.1 Å². The molecule has 1 N–H and O–H groups in total. The van der Waals surface area contributed by atoms with Crippen molar-refractivity contribution >= 4 is 12.0 Å².